The van der Waals surface area contributed by atoms with Crippen LogP contribution in [0.25, 0.3) is 0 Å². The Morgan fingerprint density at radius 3 is 2.92 bits per heavy atom. The molecule has 0 unspecified atom stereocenters. The van der Waals surface area contributed by atoms with Gasteiger partial charge in [-0.15, -0.1) is 0 Å². The highest BCUT2D eigenvalue weighted by atomic mass is 19.1. The second-order valence-electron chi connectivity index (χ2n) is 6.39. The van der Waals surface area contributed by atoms with Crippen molar-refractivity contribution >= 4 is 5.82 Å². The molecule has 2 aromatic heterocycles. The van der Waals surface area contributed by atoms with E-state index in [4.69, 9.17) is 0 Å². The average molecular weight is 343 g/mol. The van der Waals surface area contributed by atoms with Crippen molar-refractivity contribution < 1.29 is 8.78 Å². The van der Waals surface area contributed by atoms with Crippen molar-refractivity contribution in [2.45, 2.75) is 25.4 Å². The lowest BCUT2D eigenvalue weighted by Gasteiger charge is -2.27. The summed E-state index contributed by atoms with van der Waals surface area (Å²) in [6, 6.07) is 5.39. The van der Waals surface area contributed by atoms with E-state index in [-0.39, 0.29) is 11.9 Å². The van der Waals surface area contributed by atoms with Crippen molar-refractivity contribution in [2.75, 3.05) is 11.4 Å². The summed E-state index contributed by atoms with van der Waals surface area (Å²) in [6.45, 7) is 1.33. The maximum Gasteiger partial charge on any atom is 0.128 e. The third-order valence-corrected chi connectivity index (χ3v) is 4.63. The Bertz CT molecular complexity index is 885. The predicted octanol–water partition coefficient (Wildman–Crippen LogP) is 3.28. The second kappa shape index (κ2) is 6.31. The number of aryl methyl sites for hydroxylation is 1. The van der Waals surface area contributed by atoms with Crippen LogP contribution in [0.4, 0.5) is 14.6 Å². The number of halogens is 2. The molecule has 1 saturated heterocycles. The minimum absolute atomic E-state index is 0.185. The van der Waals surface area contributed by atoms with Gasteiger partial charge in [0.25, 0.3) is 0 Å². The SMILES string of the molecule is Cn1cnc(Cn2nccc2N2CCC[C@@H]2c2cc(F)ccc2F)c1. The first-order chi connectivity index (χ1) is 12.1. The summed E-state index contributed by atoms with van der Waals surface area (Å²) in [6.07, 6.45) is 7.14. The molecule has 0 spiro atoms. The minimum Gasteiger partial charge on any atom is -0.350 e. The largest absolute Gasteiger partial charge is 0.350 e. The van der Waals surface area contributed by atoms with Gasteiger partial charge >= 0.3 is 0 Å². The summed E-state index contributed by atoms with van der Waals surface area (Å²) in [4.78, 5) is 6.44. The van der Waals surface area contributed by atoms with Crippen LogP contribution in [0.2, 0.25) is 0 Å². The third-order valence-electron chi connectivity index (χ3n) is 4.63. The van der Waals surface area contributed by atoms with Crippen LogP contribution in [-0.4, -0.2) is 25.9 Å². The van der Waals surface area contributed by atoms with Crippen LogP contribution < -0.4 is 4.90 Å². The van der Waals surface area contributed by atoms with E-state index in [9.17, 15) is 8.78 Å². The van der Waals surface area contributed by atoms with Crippen LogP contribution >= 0.6 is 0 Å². The third kappa shape index (κ3) is 3.01. The van der Waals surface area contributed by atoms with Crippen LogP contribution in [0.5, 0.6) is 0 Å². The van der Waals surface area contributed by atoms with Gasteiger partial charge in [-0.25, -0.2) is 18.4 Å². The summed E-state index contributed by atoms with van der Waals surface area (Å²) >= 11 is 0. The highest BCUT2D eigenvalue weighted by molar-refractivity contribution is 5.45. The van der Waals surface area contributed by atoms with E-state index in [1.807, 2.05) is 28.6 Å². The van der Waals surface area contributed by atoms with Gasteiger partial charge in [-0.1, -0.05) is 0 Å². The molecule has 1 aromatic carbocycles. The topological polar surface area (TPSA) is 38.9 Å². The Hall–Kier alpha value is -2.70. The van der Waals surface area contributed by atoms with Gasteiger partial charge in [-0.05, 0) is 31.0 Å². The fourth-order valence-electron chi connectivity index (χ4n) is 3.53. The van der Waals surface area contributed by atoms with Crippen molar-refractivity contribution in [2.24, 2.45) is 7.05 Å². The number of imidazole rings is 1. The van der Waals surface area contributed by atoms with Crippen molar-refractivity contribution in [1.82, 2.24) is 19.3 Å². The first kappa shape index (κ1) is 15.8. The Balaban J connectivity index is 1.65. The number of hydrogen-bond donors (Lipinski definition) is 0. The van der Waals surface area contributed by atoms with E-state index in [1.54, 1.807) is 12.5 Å². The number of hydrogen-bond acceptors (Lipinski definition) is 3. The Morgan fingerprint density at radius 2 is 2.12 bits per heavy atom. The van der Waals surface area contributed by atoms with Crippen molar-refractivity contribution in [3.8, 4) is 0 Å². The van der Waals surface area contributed by atoms with Crippen LogP contribution in [0.3, 0.4) is 0 Å². The van der Waals surface area contributed by atoms with Gasteiger partial charge in [0, 0.05) is 31.4 Å². The molecule has 0 N–H and O–H groups in total. The number of rotatable bonds is 4. The Morgan fingerprint density at radius 1 is 1.24 bits per heavy atom. The summed E-state index contributed by atoms with van der Waals surface area (Å²) in [7, 11) is 1.92. The summed E-state index contributed by atoms with van der Waals surface area (Å²) in [5, 5.41) is 4.39. The smallest absolute Gasteiger partial charge is 0.128 e. The molecule has 0 saturated carbocycles. The zero-order valence-corrected chi connectivity index (χ0v) is 13.9. The molecule has 1 aliphatic rings. The normalized spacial score (nSPS) is 17.4. The first-order valence-electron chi connectivity index (χ1n) is 8.32. The Labute approximate surface area is 144 Å². The van der Waals surface area contributed by atoms with E-state index in [2.05, 4.69) is 15.0 Å². The highest BCUT2D eigenvalue weighted by Gasteiger charge is 2.30. The molecule has 7 heteroatoms. The van der Waals surface area contributed by atoms with E-state index in [0.29, 0.717) is 12.1 Å². The van der Waals surface area contributed by atoms with E-state index in [1.165, 1.54) is 12.1 Å². The number of nitrogens with zero attached hydrogens (tertiary/aromatic N) is 5. The number of benzene rings is 1. The molecular weight excluding hydrogens is 324 g/mol. The molecule has 5 nitrogen and oxygen atoms in total. The van der Waals surface area contributed by atoms with Crippen LogP contribution in [0, 0.1) is 11.6 Å². The van der Waals surface area contributed by atoms with Crippen LogP contribution in [0.15, 0.2) is 43.0 Å². The maximum absolute atomic E-state index is 14.3. The molecule has 3 aromatic rings. The lowest BCUT2D eigenvalue weighted by atomic mass is 10.0. The molecule has 0 amide bonds. The van der Waals surface area contributed by atoms with Crippen molar-refractivity contribution in [1.29, 1.82) is 0 Å². The van der Waals surface area contributed by atoms with Gasteiger partial charge in [-0.3, -0.25) is 0 Å². The quantitative estimate of drug-likeness (QED) is 0.730. The predicted molar refractivity (Wildman–Crippen MR) is 90.2 cm³/mol. The van der Waals surface area contributed by atoms with Gasteiger partial charge in [0.1, 0.15) is 17.5 Å². The first-order valence-corrected chi connectivity index (χ1v) is 8.32. The molecule has 0 bridgehead atoms. The Kier molecular flexibility index (Phi) is 3.99. The molecule has 1 fully saturated rings. The summed E-state index contributed by atoms with van der Waals surface area (Å²) < 4.78 is 31.6. The number of aromatic nitrogens is 4. The van der Waals surface area contributed by atoms with Gasteiger partial charge in [0.05, 0.1) is 30.8 Å². The number of anilines is 1. The fourth-order valence-corrected chi connectivity index (χ4v) is 3.53. The molecule has 130 valence electrons. The molecule has 0 aliphatic carbocycles. The average Bonchev–Trinajstić information content (AvgIpc) is 3.31. The van der Waals surface area contributed by atoms with Crippen LogP contribution in [0.1, 0.15) is 30.1 Å². The lowest BCUT2D eigenvalue weighted by Crippen LogP contribution is -2.26. The molecule has 25 heavy (non-hydrogen) atoms. The molecule has 1 atom stereocenters. The highest BCUT2D eigenvalue weighted by Crippen LogP contribution is 2.37. The maximum atomic E-state index is 14.3. The fraction of sp³-hybridized carbons (Fsp3) is 0.333. The van der Waals surface area contributed by atoms with E-state index >= 15 is 0 Å². The summed E-state index contributed by atoms with van der Waals surface area (Å²) in [5.74, 6) is 0.121. The van der Waals surface area contributed by atoms with E-state index < -0.39 is 5.82 Å². The zero-order chi connectivity index (χ0) is 17.4. The standard InChI is InChI=1S/C18H19F2N5/c1-23-10-14(21-12-23)11-25-18(6-7-22-25)24-8-2-3-17(24)15-9-13(19)4-5-16(15)20/h4-7,9-10,12,17H,2-3,8,11H2,1H3/t17-/m1/s1. The van der Waals surface area contributed by atoms with Gasteiger partial charge < -0.3 is 9.47 Å². The molecule has 0 radical (unpaired) electrons. The monoisotopic (exact) mass is 343 g/mol. The molecule has 3 heterocycles. The summed E-state index contributed by atoms with van der Waals surface area (Å²) in [5.41, 5.74) is 1.31. The second-order valence-corrected chi connectivity index (χ2v) is 6.39. The molecular formula is C18H19F2N5. The van der Waals surface area contributed by atoms with Gasteiger partial charge in [0.15, 0.2) is 0 Å². The molecule has 4 rings (SSSR count). The van der Waals surface area contributed by atoms with Gasteiger partial charge in [-0.2, -0.15) is 5.10 Å². The lowest BCUT2D eigenvalue weighted by molar-refractivity contribution is 0.555. The van der Waals surface area contributed by atoms with Gasteiger partial charge in [0.2, 0.25) is 0 Å². The van der Waals surface area contributed by atoms with Crippen molar-refractivity contribution in [3.63, 3.8) is 0 Å². The molecule has 1 aliphatic heterocycles. The zero-order valence-electron chi connectivity index (χ0n) is 13.9. The minimum atomic E-state index is -0.412. The van der Waals surface area contributed by atoms with Crippen LogP contribution in [-0.2, 0) is 13.6 Å². The van der Waals surface area contributed by atoms with Crippen molar-refractivity contribution in [3.05, 3.63) is 65.9 Å². The van der Waals surface area contributed by atoms with E-state index in [0.717, 1.165) is 37.0 Å².